The molecule has 9 nitrogen and oxygen atoms in total. The van der Waals surface area contributed by atoms with Crippen LogP contribution in [0.3, 0.4) is 0 Å². The predicted octanol–water partition coefficient (Wildman–Crippen LogP) is 2.42. The molecule has 0 aromatic carbocycles. The molecule has 0 bridgehead atoms. The summed E-state index contributed by atoms with van der Waals surface area (Å²) < 4.78 is 0. The lowest BCUT2D eigenvalue weighted by atomic mass is 9.98. The van der Waals surface area contributed by atoms with E-state index in [0.717, 1.165) is 19.0 Å². The van der Waals surface area contributed by atoms with E-state index in [-0.39, 0.29) is 28.8 Å². The Morgan fingerprint density at radius 1 is 1.54 bits per heavy atom. The van der Waals surface area contributed by atoms with Gasteiger partial charge in [-0.3, -0.25) is 10.1 Å². The largest absolute Gasteiger partial charge is 0.367 e. The van der Waals surface area contributed by atoms with Crippen molar-refractivity contribution in [1.82, 2.24) is 15.0 Å². The van der Waals surface area contributed by atoms with Crippen LogP contribution in [0.2, 0.25) is 5.28 Å². The second-order valence-corrected chi connectivity index (χ2v) is 6.97. The summed E-state index contributed by atoms with van der Waals surface area (Å²) in [6.45, 7) is 6.36. The number of aromatic nitrogens is 2. The van der Waals surface area contributed by atoms with E-state index in [0.29, 0.717) is 13.1 Å². The molecule has 0 aliphatic carbocycles. The SMILES string of the molecule is CC(C)(C)C(=O)ON1CCC[C@@H](Nc2nc(Cl)ncc2[N+](=O)[O-])C1. The summed E-state index contributed by atoms with van der Waals surface area (Å²) in [7, 11) is 0. The fourth-order valence-corrected chi connectivity index (χ4v) is 2.32. The van der Waals surface area contributed by atoms with Gasteiger partial charge < -0.3 is 10.2 Å². The number of anilines is 1. The van der Waals surface area contributed by atoms with Crippen LogP contribution in [0.5, 0.6) is 0 Å². The molecule has 0 radical (unpaired) electrons. The number of rotatable bonds is 4. The minimum absolute atomic E-state index is 0.0639. The number of hydrogen-bond acceptors (Lipinski definition) is 8. The number of hydroxylamine groups is 2. The molecule has 1 aromatic heterocycles. The molecular formula is C14H20ClN5O4. The van der Waals surface area contributed by atoms with Crippen molar-refractivity contribution < 1.29 is 14.6 Å². The Morgan fingerprint density at radius 2 is 2.25 bits per heavy atom. The van der Waals surface area contributed by atoms with Gasteiger partial charge in [0.2, 0.25) is 11.1 Å². The van der Waals surface area contributed by atoms with Gasteiger partial charge in [0.25, 0.3) is 0 Å². The number of nitrogens with zero attached hydrogens (tertiary/aromatic N) is 4. The van der Waals surface area contributed by atoms with E-state index < -0.39 is 10.3 Å². The first-order valence-electron chi connectivity index (χ1n) is 7.57. The van der Waals surface area contributed by atoms with Gasteiger partial charge in [0.05, 0.1) is 16.9 Å². The normalized spacial score (nSPS) is 18.9. The van der Waals surface area contributed by atoms with Crippen molar-refractivity contribution in [3.8, 4) is 0 Å². The fraction of sp³-hybridized carbons (Fsp3) is 0.643. The molecule has 0 unspecified atom stereocenters. The topological polar surface area (TPSA) is 110 Å². The van der Waals surface area contributed by atoms with Gasteiger partial charge in [-0.15, -0.1) is 5.06 Å². The fourth-order valence-electron chi connectivity index (χ4n) is 2.18. The van der Waals surface area contributed by atoms with Crippen LogP contribution in [-0.4, -0.2) is 45.1 Å². The first kappa shape index (κ1) is 18.3. The number of halogens is 1. The van der Waals surface area contributed by atoms with Gasteiger partial charge in [0.15, 0.2) is 0 Å². The second-order valence-electron chi connectivity index (χ2n) is 6.63. The van der Waals surface area contributed by atoms with Crippen molar-refractivity contribution in [2.45, 2.75) is 39.7 Å². The number of nitrogens with one attached hydrogen (secondary N) is 1. The summed E-state index contributed by atoms with van der Waals surface area (Å²) in [5.41, 5.74) is -0.845. The summed E-state index contributed by atoms with van der Waals surface area (Å²) in [5.74, 6) is -0.256. The van der Waals surface area contributed by atoms with Gasteiger partial charge in [-0.2, -0.15) is 4.98 Å². The van der Waals surface area contributed by atoms with Crippen molar-refractivity contribution in [3.63, 3.8) is 0 Å². The first-order valence-corrected chi connectivity index (χ1v) is 7.95. The zero-order valence-electron chi connectivity index (χ0n) is 13.8. The molecule has 24 heavy (non-hydrogen) atoms. The smallest absolute Gasteiger partial charge is 0.330 e. The van der Waals surface area contributed by atoms with Gasteiger partial charge in [-0.1, -0.05) is 0 Å². The zero-order valence-corrected chi connectivity index (χ0v) is 14.5. The van der Waals surface area contributed by atoms with Crippen LogP contribution in [-0.2, 0) is 9.63 Å². The molecule has 1 aliphatic heterocycles. The highest BCUT2D eigenvalue weighted by Crippen LogP contribution is 2.25. The molecule has 2 heterocycles. The van der Waals surface area contributed by atoms with Gasteiger partial charge in [0.1, 0.15) is 6.20 Å². The Bertz CT molecular complexity index is 634. The van der Waals surface area contributed by atoms with E-state index in [1.807, 2.05) is 0 Å². The van der Waals surface area contributed by atoms with Crippen LogP contribution in [0.1, 0.15) is 33.6 Å². The van der Waals surface area contributed by atoms with Gasteiger partial charge in [0, 0.05) is 12.6 Å². The maximum atomic E-state index is 12.0. The molecule has 1 atom stereocenters. The number of piperidine rings is 1. The van der Waals surface area contributed by atoms with Gasteiger partial charge in [-0.25, -0.2) is 9.78 Å². The maximum absolute atomic E-state index is 12.0. The summed E-state index contributed by atoms with van der Waals surface area (Å²) in [5, 5.41) is 15.6. The van der Waals surface area contributed by atoms with Crippen molar-refractivity contribution in [2.24, 2.45) is 5.41 Å². The third-order valence-corrected chi connectivity index (χ3v) is 3.67. The molecule has 1 fully saturated rings. The lowest BCUT2D eigenvalue weighted by Crippen LogP contribution is -2.44. The average Bonchev–Trinajstić information content (AvgIpc) is 2.46. The first-order chi connectivity index (χ1) is 11.2. The van der Waals surface area contributed by atoms with Crippen LogP contribution >= 0.6 is 11.6 Å². The highest BCUT2D eigenvalue weighted by atomic mass is 35.5. The quantitative estimate of drug-likeness (QED) is 0.497. The standard InChI is InChI=1S/C14H20ClN5O4/c1-14(2,3)12(21)24-19-6-4-5-9(8-19)17-11-10(20(22)23)7-16-13(15)18-11/h7,9H,4-6,8H2,1-3H3,(H,16,17,18)/t9-/m1/s1. The molecule has 2 rings (SSSR count). The molecule has 1 saturated heterocycles. The van der Waals surface area contributed by atoms with E-state index in [1.165, 1.54) is 0 Å². The zero-order chi connectivity index (χ0) is 17.9. The van der Waals surface area contributed by atoms with Crippen molar-refractivity contribution in [2.75, 3.05) is 18.4 Å². The van der Waals surface area contributed by atoms with Crippen LogP contribution in [0.25, 0.3) is 0 Å². The van der Waals surface area contributed by atoms with Crippen LogP contribution in [0, 0.1) is 15.5 Å². The Hall–Kier alpha value is -2.00. The minimum Gasteiger partial charge on any atom is -0.367 e. The summed E-state index contributed by atoms with van der Waals surface area (Å²) in [6, 6.07) is -0.156. The van der Waals surface area contributed by atoms with Gasteiger partial charge in [-0.05, 0) is 45.2 Å². The van der Waals surface area contributed by atoms with Crippen LogP contribution in [0.4, 0.5) is 11.5 Å². The highest BCUT2D eigenvalue weighted by molar-refractivity contribution is 6.28. The van der Waals surface area contributed by atoms with Crippen LogP contribution in [0.15, 0.2) is 6.20 Å². The van der Waals surface area contributed by atoms with Crippen molar-refractivity contribution in [3.05, 3.63) is 21.6 Å². The van der Waals surface area contributed by atoms with Gasteiger partial charge >= 0.3 is 11.7 Å². The summed E-state index contributed by atoms with van der Waals surface area (Å²) in [4.78, 5) is 35.4. The van der Waals surface area contributed by atoms with E-state index in [1.54, 1.807) is 25.8 Å². The Labute approximate surface area is 144 Å². The minimum atomic E-state index is -0.598. The van der Waals surface area contributed by atoms with E-state index in [2.05, 4.69) is 15.3 Å². The Kier molecular flexibility index (Phi) is 5.55. The number of carbonyl (C=O) groups is 1. The molecule has 132 valence electrons. The molecule has 1 N–H and O–H groups in total. The average molecular weight is 358 g/mol. The molecule has 10 heteroatoms. The number of nitro groups is 1. The molecule has 0 amide bonds. The summed E-state index contributed by atoms with van der Waals surface area (Å²) >= 11 is 5.72. The lowest BCUT2D eigenvalue weighted by molar-refractivity contribution is -0.384. The monoisotopic (exact) mass is 357 g/mol. The number of hydrogen-bond donors (Lipinski definition) is 1. The third kappa shape index (κ3) is 4.75. The highest BCUT2D eigenvalue weighted by Gasteiger charge is 2.30. The lowest BCUT2D eigenvalue weighted by Gasteiger charge is -2.33. The van der Waals surface area contributed by atoms with Crippen molar-refractivity contribution in [1.29, 1.82) is 0 Å². The summed E-state index contributed by atoms with van der Waals surface area (Å²) in [6.07, 6.45) is 2.61. The third-order valence-electron chi connectivity index (χ3n) is 3.49. The molecule has 1 aromatic rings. The molecule has 0 saturated carbocycles. The van der Waals surface area contributed by atoms with E-state index in [4.69, 9.17) is 16.4 Å². The molecule has 1 aliphatic rings. The molecular weight excluding hydrogens is 338 g/mol. The van der Waals surface area contributed by atoms with E-state index in [9.17, 15) is 14.9 Å². The molecule has 0 spiro atoms. The number of carbonyl (C=O) groups excluding carboxylic acids is 1. The maximum Gasteiger partial charge on any atom is 0.330 e. The second kappa shape index (κ2) is 7.27. The van der Waals surface area contributed by atoms with Crippen molar-refractivity contribution >= 4 is 29.1 Å². The Morgan fingerprint density at radius 3 is 2.88 bits per heavy atom. The van der Waals surface area contributed by atoms with Crippen LogP contribution < -0.4 is 5.32 Å². The predicted molar refractivity (Wildman–Crippen MR) is 87.5 cm³/mol. The van der Waals surface area contributed by atoms with E-state index >= 15 is 0 Å². The Balaban J connectivity index is 2.05.